The average molecular weight is 357 g/mol. The van der Waals surface area contributed by atoms with E-state index in [9.17, 15) is 9.59 Å². The Bertz CT molecular complexity index is 828. The van der Waals surface area contributed by atoms with E-state index in [1.165, 1.54) is 22.5 Å². The van der Waals surface area contributed by atoms with Crippen molar-refractivity contribution in [3.05, 3.63) is 40.0 Å². The summed E-state index contributed by atoms with van der Waals surface area (Å²) in [5.41, 5.74) is 9.32. The molecule has 0 bridgehead atoms. The zero-order valence-electron chi connectivity index (χ0n) is 14.8. The number of carbonyl (C=O) groups is 2. The maximum atomic E-state index is 13.1. The average Bonchev–Trinajstić information content (AvgIpc) is 2.98. The molecule has 2 amide bonds. The smallest absolute Gasteiger partial charge is 0.274 e. The van der Waals surface area contributed by atoms with Gasteiger partial charge in [0, 0.05) is 6.54 Å². The van der Waals surface area contributed by atoms with Crippen molar-refractivity contribution in [3.8, 4) is 10.4 Å². The predicted molar refractivity (Wildman–Crippen MR) is 99.6 cm³/mol. The summed E-state index contributed by atoms with van der Waals surface area (Å²) in [7, 11) is 0. The van der Waals surface area contributed by atoms with E-state index in [1.807, 2.05) is 13.0 Å². The summed E-state index contributed by atoms with van der Waals surface area (Å²) >= 11 is 1.51. The minimum absolute atomic E-state index is 0.193. The summed E-state index contributed by atoms with van der Waals surface area (Å²) in [4.78, 5) is 31.8. The molecule has 6 heteroatoms. The molecule has 1 fully saturated rings. The molecule has 1 atom stereocenters. The maximum absolute atomic E-state index is 13.1. The van der Waals surface area contributed by atoms with Gasteiger partial charge in [0.25, 0.3) is 5.91 Å². The molecule has 132 valence electrons. The third kappa shape index (κ3) is 3.44. The van der Waals surface area contributed by atoms with Crippen LogP contribution in [0.5, 0.6) is 0 Å². The molecule has 3 rings (SSSR count). The fraction of sp³-hybridized carbons (Fsp3) is 0.421. The SMILES string of the molecule is Cc1nc(C(=O)N2CCCCC2C(N)=O)c(-c2ccc(C)c(C)c2)s1. The predicted octanol–water partition coefficient (Wildman–Crippen LogP) is 3.22. The molecule has 2 heterocycles. The van der Waals surface area contributed by atoms with Gasteiger partial charge in [0.05, 0.1) is 9.88 Å². The number of primary amides is 1. The van der Waals surface area contributed by atoms with Gasteiger partial charge in [-0.15, -0.1) is 11.3 Å². The summed E-state index contributed by atoms with van der Waals surface area (Å²) in [6, 6.07) is 5.63. The van der Waals surface area contributed by atoms with Crippen LogP contribution in [0.3, 0.4) is 0 Å². The summed E-state index contributed by atoms with van der Waals surface area (Å²) in [6.45, 7) is 6.57. The van der Waals surface area contributed by atoms with Gasteiger partial charge in [-0.3, -0.25) is 9.59 Å². The van der Waals surface area contributed by atoms with Crippen LogP contribution in [-0.2, 0) is 4.79 Å². The number of rotatable bonds is 3. The molecule has 1 aliphatic rings. The summed E-state index contributed by atoms with van der Waals surface area (Å²) in [5.74, 6) is -0.631. The monoisotopic (exact) mass is 357 g/mol. The lowest BCUT2D eigenvalue weighted by Crippen LogP contribution is -2.50. The van der Waals surface area contributed by atoms with Gasteiger partial charge in [-0.2, -0.15) is 0 Å². The van der Waals surface area contributed by atoms with Gasteiger partial charge in [-0.1, -0.05) is 18.2 Å². The number of piperidine rings is 1. The number of thiazole rings is 1. The summed E-state index contributed by atoms with van der Waals surface area (Å²) in [6.07, 6.45) is 2.43. The van der Waals surface area contributed by atoms with Crippen LogP contribution in [0.2, 0.25) is 0 Å². The van der Waals surface area contributed by atoms with Crippen molar-refractivity contribution in [2.45, 2.75) is 46.1 Å². The fourth-order valence-corrected chi connectivity index (χ4v) is 4.16. The Hall–Kier alpha value is -2.21. The van der Waals surface area contributed by atoms with E-state index in [0.717, 1.165) is 28.3 Å². The van der Waals surface area contributed by atoms with Crippen LogP contribution in [-0.4, -0.2) is 34.3 Å². The van der Waals surface area contributed by atoms with E-state index >= 15 is 0 Å². The van der Waals surface area contributed by atoms with Gasteiger partial charge in [0.1, 0.15) is 11.7 Å². The van der Waals surface area contributed by atoms with E-state index in [4.69, 9.17) is 5.73 Å². The Morgan fingerprint density at radius 3 is 2.64 bits per heavy atom. The van der Waals surface area contributed by atoms with Gasteiger partial charge in [-0.25, -0.2) is 4.98 Å². The van der Waals surface area contributed by atoms with Gasteiger partial charge in [-0.05, 0) is 56.7 Å². The zero-order valence-corrected chi connectivity index (χ0v) is 15.7. The Morgan fingerprint density at radius 1 is 1.20 bits per heavy atom. The van der Waals surface area contributed by atoms with E-state index in [2.05, 4.69) is 31.0 Å². The highest BCUT2D eigenvalue weighted by Crippen LogP contribution is 2.33. The van der Waals surface area contributed by atoms with Crippen LogP contribution < -0.4 is 5.73 Å². The Balaban J connectivity index is 2.01. The minimum Gasteiger partial charge on any atom is -0.368 e. The second-order valence-corrected chi connectivity index (χ2v) is 7.83. The molecule has 1 unspecified atom stereocenters. The van der Waals surface area contributed by atoms with Crippen molar-refractivity contribution in [2.75, 3.05) is 6.54 Å². The zero-order chi connectivity index (χ0) is 18.1. The second-order valence-electron chi connectivity index (χ2n) is 6.62. The van der Waals surface area contributed by atoms with Crippen LogP contribution in [0.25, 0.3) is 10.4 Å². The normalized spacial score (nSPS) is 17.6. The first-order valence-electron chi connectivity index (χ1n) is 8.54. The first-order valence-corrected chi connectivity index (χ1v) is 9.35. The highest BCUT2D eigenvalue weighted by atomic mass is 32.1. The Labute approximate surface area is 151 Å². The molecule has 1 aliphatic heterocycles. The largest absolute Gasteiger partial charge is 0.368 e. The number of hydrogen-bond donors (Lipinski definition) is 1. The third-order valence-electron chi connectivity index (χ3n) is 4.80. The molecular weight excluding hydrogens is 334 g/mol. The van der Waals surface area contributed by atoms with Crippen molar-refractivity contribution in [3.63, 3.8) is 0 Å². The van der Waals surface area contributed by atoms with Crippen LogP contribution in [0, 0.1) is 20.8 Å². The summed E-state index contributed by atoms with van der Waals surface area (Å²) in [5, 5.41) is 0.837. The molecule has 2 aromatic rings. The molecule has 25 heavy (non-hydrogen) atoms. The molecule has 2 N–H and O–H groups in total. The number of aromatic nitrogens is 1. The van der Waals surface area contributed by atoms with E-state index in [-0.39, 0.29) is 5.91 Å². The van der Waals surface area contributed by atoms with Crippen LogP contribution in [0.1, 0.15) is 45.9 Å². The molecule has 5 nitrogen and oxygen atoms in total. The lowest BCUT2D eigenvalue weighted by atomic mass is 10.00. The van der Waals surface area contributed by atoms with Crippen molar-refractivity contribution in [2.24, 2.45) is 5.73 Å². The maximum Gasteiger partial charge on any atom is 0.274 e. The van der Waals surface area contributed by atoms with Crippen molar-refractivity contribution in [1.82, 2.24) is 9.88 Å². The van der Waals surface area contributed by atoms with Crippen LogP contribution in [0.15, 0.2) is 18.2 Å². The lowest BCUT2D eigenvalue weighted by Gasteiger charge is -2.33. The van der Waals surface area contributed by atoms with E-state index in [1.54, 1.807) is 4.90 Å². The van der Waals surface area contributed by atoms with Crippen LogP contribution >= 0.6 is 11.3 Å². The van der Waals surface area contributed by atoms with E-state index in [0.29, 0.717) is 18.7 Å². The van der Waals surface area contributed by atoms with Gasteiger partial charge in [0.15, 0.2) is 0 Å². The number of amides is 2. The molecule has 0 aliphatic carbocycles. The van der Waals surface area contributed by atoms with Crippen LogP contribution in [0.4, 0.5) is 0 Å². The lowest BCUT2D eigenvalue weighted by molar-refractivity contribution is -0.123. The number of hydrogen-bond acceptors (Lipinski definition) is 4. The van der Waals surface area contributed by atoms with Gasteiger partial charge < -0.3 is 10.6 Å². The highest BCUT2D eigenvalue weighted by molar-refractivity contribution is 7.15. The standard InChI is InChI=1S/C19H23N3O2S/c1-11-7-8-14(10-12(11)2)17-16(21-13(3)25-17)19(24)22-9-5-4-6-15(22)18(20)23/h7-8,10,15H,4-6,9H2,1-3H3,(H2,20,23). The Morgan fingerprint density at radius 2 is 1.96 bits per heavy atom. The van der Waals surface area contributed by atoms with Crippen molar-refractivity contribution >= 4 is 23.2 Å². The number of carbonyl (C=O) groups excluding carboxylic acids is 2. The number of benzene rings is 1. The van der Waals surface area contributed by atoms with Gasteiger partial charge in [0.2, 0.25) is 5.91 Å². The fourth-order valence-electron chi connectivity index (χ4n) is 3.26. The van der Waals surface area contributed by atoms with Crippen molar-refractivity contribution < 1.29 is 9.59 Å². The molecule has 1 aromatic carbocycles. The molecular formula is C19H23N3O2S. The molecule has 0 radical (unpaired) electrons. The quantitative estimate of drug-likeness (QED) is 0.916. The Kier molecular flexibility index (Phi) is 4.90. The number of likely N-dealkylation sites (tertiary alicyclic amines) is 1. The third-order valence-corrected chi connectivity index (χ3v) is 5.82. The molecule has 1 saturated heterocycles. The molecule has 0 saturated carbocycles. The highest BCUT2D eigenvalue weighted by Gasteiger charge is 2.33. The van der Waals surface area contributed by atoms with Crippen molar-refractivity contribution in [1.29, 1.82) is 0 Å². The first-order chi connectivity index (χ1) is 11.9. The first kappa shape index (κ1) is 17.6. The van der Waals surface area contributed by atoms with Gasteiger partial charge >= 0.3 is 0 Å². The number of nitrogens with zero attached hydrogens (tertiary/aromatic N) is 2. The molecule has 0 spiro atoms. The second kappa shape index (κ2) is 6.96. The summed E-state index contributed by atoms with van der Waals surface area (Å²) < 4.78 is 0. The topological polar surface area (TPSA) is 76.3 Å². The number of aryl methyl sites for hydroxylation is 3. The molecule has 1 aromatic heterocycles. The number of nitrogens with two attached hydrogens (primary N) is 1. The van der Waals surface area contributed by atoms with E-state index < -0.39 is 11.9 Å². The minimum atomic E-state index is -0.532.